The molecule has 2 saturated carbocycles. The molecule has 59 heavy (non-hydrogen) atoms. The van der Waals surface area contributed by atoms with E-state index in [1.807, 2.05) is 0 Å². The summed E-state index contributed by atoms with van der Waals surface area (Å²) in [7, 11) is 0. The predicted molar refractivity (Wildman–Crippen MR) is 251 cm³/mol. The second-order valence-electron chi connectivity index (χ2n) is 17.8. The van der Waals surface area contributed by atoms with Crippen molar-refractivity contribution in [2.75, 3.05) is 9.80 Å². The summed E-state index contributed by atoms with van der Waals surface area (Å²) in [6, 6.07) is 63.0. The van der Waals surface area contributed by atoms with Crippen molar-refractivity contribution in [3.05, 3.63) is 197 Å². The molecule has 11 rings (SSSR count). The van der Waals surface area contributed by atoms with Gasteiger partial charge < -0.3 is 9.80 Å². The highest BCUT2D eigenvalue weighted by molar-refractivity contribution is 7.00. The highest BCUT2D eigenvalue weighted by Crippen LogP contribution is 2.45. The van der Waals surface area contributed by atoms with Crippen LogP contribution in [0.1, 0.15) is 109 Å². The van der Waals surface area contributed by atoms with E-state index in [-0.39, 0.29) is 6.71 Å². The van der Waals surface area contributed by atoms with Crippen molar-refractivity contribution in [3.63, 3.8) is 0 Å². The number of rotatable bonds is 8. The topological polar surface area (TPSA) is 6.48 Å². The van der Waals surface area contributed by atoms with E-state index in [4.69, 9.17) is 0 Å². The summed E-state index contributed by atoms with van der Waals surface area (Å²) in [4.78, 5) is 5.15. The Morgan fingerprint density at radius 3 is 1.22 bits per heavy atom. The van der Waals surface area contributed by atoms with E-state index >= 15 is 0 Å². The van der Waals surface area contributed by atoms with E-state index < -0.39 is 0 Å². The van der Waals surface area contributed by atoms with Crippen molar-refractivity contribution in [1.82, 2.24) is 0 Å². The molecule has 0 aromatic heterocycles. The molecular formula is C56H53BN2. The first-order chi connectivity index (χ1) is 29.2. The Kier molecular flexibility index (Phi) is 9.69. The van der Waals surface area contributed by atoms with Crippen molar-refractivity contribution in [3.8, 4) is 0 Å². The summed E-state index contributed by atoms with van der Waals surface area (Å²) >= 11 is 0. The summed E-state index contributed by atoms with van der Waals surface area (Å²) in [5.41, 5.74) is 20.2. The molecule has 290 valence electrons. The van der Waals surface area contributed by atoms with E-state index in [1.165, 1.54) is 148 Å². The van der Waals surface area contributed by atoms with Gasteiger partial charge in [-0.3, -0.25) is 0 Å². The minimum atomic E-state index is 0.0909. The third-order valence-corrected chi connectivity index (χ3v) is 14.1. The molecule has 4 aliphatic rings. The zero-order chi connectivity index (χ0) is 39.1. The lowest BCUT2D eigenvalue weighted by Gasteiger charge is -2.44. The standard InChI is InChI=1S/C56H53BN2/c1-5-14-40(15-6-1)36-42-24-34-52-50(38-42)57-51-39-43(37-41-16-7-2-8-17-41)25-35-53(51)59(49-32-28-47(29-33-49)45-20-11-4-12-21-45)55-23-13-22-54(56(55)57)58(52)48-30-26-46(27-31-48)44-18-9-3-10-19-44/h1-2,5-8,13-17,22-35,38-39,44-45H,3-4,9-12,18-21,36-37H2. The molecule has 2 aliphatic heterocycles. The predicted octanol–water partition coefficient (Wildman–Crippen LogP) is 13.0. The first kappa shape index (κ1) is 36.3. The lowest BCUT2D eigenvalue weighted by Crippen LogP contribution is -2.61. The molecule has 7 aromatic carbocycles. The van der Waals surface area contributed by atoms with Gasteiger partial charge in [0.1, 0.15) is 0 Å². The van der Waals surface area contributed by atoms with Crippen LogP contribution < -0.4 is 26.2 Å². The number of hydrogen-bond acceptors (Lipinski definition) is 2. The molecule has 0 spiro atoms. The summed E-state index contributed by atoms with van der Waals surface area (Å²) in [5, 5.41) is 0. The summed E-state index contributed by atoms with van der Waals surface area (Å²) in [6.07, 6.45) is 15.2. The average Bonchev–Trinajstić information content (AvgIpc) is 3.30. The van der Waals surface area contributed by atoms with Gasteiger partial charge >= 0.3 is 0 Å². The molecule has 2 nitrogen and oxygen atoms in total. The normalized spacial score (nSPS) is 16.4. The van der Waals surface area contributed by atoms with Crippen LogP contribution in [-0.4, -0.2) is 6.71 Å². The minimum absolute atomic E-state index is 0.0909. The van der Waals surface area contributed by atoms with Gasteiger partial charge in [-0.2, -0.15) is 0 Å². The highest BCUT2D eigenvalue weighted by Gasteiger charge is 2.43. The molecule has 0 bridgehead atoms. The molecule has 0 atom stereocenters. The smallest absolute Gasteiger partial charge is 0.252 e. The lowest BCUT2D eigenvalue weighted by molar-refractivity contribution is 0.443. The molecule has 2 fully saturated rings. The Hall–Kier alpha value is -5.80. The molecule has 0 saturated heterocycles. The molecule has 7 aromatic rings. The SMILES string of the molecule is c1ccc(Cc2ccc3c(c2)B2c4cc(Cc5ccccc5)ccc4N(c4ccc(C5CCCCC5)cc4)c4cccc(c42)N3c2ccc(C3CCCCC3)cc2)cc1. The Morgan fingerprint density at radius 1 is 0.373 bits per heavy atom. The summed E-state index contributed by atoms with van der Waals surface area (Å²) in [5.74, 6) is 1.36. The van der Waals surface area contributed by atoms with Crippen molar-refractivity contribution >= 4 is 57.2 Å². The van der Waals surface area contributed by atoms with Gasteiger partial charge in [-0.25, -0.2) is 0 Å². The maximum atomic E-state index is 2.57. The van der Waals surface area contributed by atoms with Crippen molar-refractivity contribution in [2.45, 2.75) is 88.9 Å². The molecule has 2 heterocycles. The maximum absolute atomic E-state index is 2.57. The molecule has 0 unspecified atom stereocenters. The van der Waals surface area contributed by atoms with E-state index in [1.54, 1.807) is 0 Å². The monoisotopic (exact) mass is 764 g/mol. The number of nitrogens with zero attached hydrogens (tertiary/aromatic N) is 2. The lowest BCUT2D eigenvalue weighted by atomic mass is 9.33. The summed E-state index contributed by atoms with van der Waals surface area (Å²) in [6.45, 7) is 0.0909. The second-order valence-corrected chi connectivity index (χ2v) is 17.8. The van der Waals surface area contributed by atoms with Gasteiger partial charge in [0, 0.05) is 34.1 Å². The van der Waals surface area contributed by atoms with E-state index in [2.05, 4.69) is 174 Å². The Labute approximate surface area is 351 Å². The largest absolute Gasteiger partial charge is 0.311 e. The van der Waals surface area contributed by atoms with Crippen molar-refractivity contribution < 1.29 is 0 Å². The molecule has 0 amide bonds. The van der Waals surface area contributed by atoms with Gasteiger partial charge in [0.05, 0.1) is 0 Å². The molecule has 2 aliphatic carbocycles. The third kappa shape index (κ3) is 6.89. The average molecular weight is 765 g/mol. The second kappa shape index (κ2) is 15.8. The van der Waals surface area contributed by atoms with E-state index in [0.29, 0.717) is 11.8 Å². The Morgan fingerprint density at radius 2 is 0.797 bits per heavy atom. The van der Waals surface area contributed by atoms with Crippen molar-refractivity contribution in [1.29, 1.82) is 0 Å². The van der Waals surface area contributed by atoms with Crippen LogP contribution in [0.3, 0.4) is 0 Å². The quantitative estimate of drug-likeness (QED) is 0.142. The van der Waals surface area contributed by atoms with E-state index in [0.717, 1.165) is 12.8 Å². The van der Waals surface area contributed by atoms with E-state index in [9.17, 15) is 0 Å². The van der Waals surface area contributed by atoms with Gasteiger partial charge in [-0.05, 0) is 149 Å². The zero-order valence-corrected chi connectivity index (χ0v) is 34.2. The van der Waals surface area contributed by atoms with Gasteiger partial charge in [0.25, 0.3) is 6.71 Å². The van der Waals surface area contributed by atoms with Crippen LogP contribution in [0.5, 0.6) is 0 Å². The number of anilines is 6. The first-order valence-corrected chi connectivity index (χ1v) is 22.5. The van der Waals surface area contributed by atoms with Crippen LogP contribution in [0.15, 0.2) is 164 Å². The number of fused-ring (bicyclic) bond motifs is 4. The zero-order valence-electron chi connectivity index (χ0n) is 34.2. The van der Waals surface area contributed by atoms with Gasteiger partial charge in [0.2, 0.25) is 0 Å². The molecule has 0 radical (unpaired) electrons. The Balaban J connectivity index is 1.09. The van der Waals surface area contributed by atoms with Crippen LogP contribution in [0.25, 0.3) is 0 Å². The van der Waals surface area contributed by atoms with Crippen LogP contribution in [0.2, 0.25) is 0 Å². The fourth-order valence-electron chi connectivity index (χ4n) is 11.1. The number of hydrogen-bond donors (Lipinski definition) is 0. The highest BCUT2D eigenvalue weighted by atomic mass is 15.2. The van der Waals surface area contributed by atoms with Gasteiger partial charge in [0.15, 0.2) is 0 Å². The molecule has 3 heteroatoms. The minimum Gasteiger partial charge on any atom is -0.311 e. The fraction of sp³-hybridized carbons (Fsp3) is 0.250. The third-order valence-electron chi connectivity index (χ3n) is 14.1. The van der Waals surface area contributed by atoms with Crippen LogP contribution in [0.4, 0.5) is 34.1 Å². The van der Waals surface area contributed by atoms with Crippen LogP contribution in [0, 0.1) is 0 Å². The number of benzene rings is 7. The van der Waals surface area contributed by atoms with Gasteiger partial charge in [-0.15, -0.1) is 0 Å². The van der Waals surface area contributed by atoms with Crippen molar-refractivity contribution in [2.24, 2.45) is 0 Å². The fourth-order valence-corrected chi connectivity index (χ4v) is 11.1. The summed E-state index contributed by atoms with van der Waals surface area (Å²) < 4.78 is 0. The molecule has 0 N–H and O–H groups in total. The first-order valence-electron chi connectivity index (χ1n) is 22.5. The van der Waals surface area contributed by atoms with Crippen LogP contribution in [-0.2, 0) is 12.8 Å². The van der Waals surface area contributed by atoms with Crippen LogP contribution >= 0.6 is 0 Å². The Bertz CT molecular complexity index is 2390. The maximum Gasteiger partial charge on any atom is 0.252 e. The van der Waals surface area contributed by atoms with Gasteiger partial charge in [-0.1, -0.05) is 154 Å². The molecular weight excluding hydrogens is 711 g/mol.